The minimum atomic E-state index is 0.0171. The third kappa shape index (κ3) is 3.19. The van der Waals surface area contributed by atoms with E-state index in [0.29, 0.717) is 0 Å². The Morgan fingerprint density at radius 1 is 1.50 bits per heavy atom. The van der Waals surface area contributed by atoms with Crippen LogP contribution in [0.25, 0.3) is 0 Å². The Morgan fingerprint density at radius 2 is 2.31 bits per heavy atom. The second-order valence-electron chi connectivity index (χ2n) is 4.79. The largest absolute Gasteiger partial charge is 0.353 e. The topological polar surface area (TPSA) is 34.1 Å². The van der Waals surface area contributed by atoms with Crippen LogP contribution in [0.15, 0.2) is 5.10 Å². The van der Waals surface area contributed by atoms with E-state index in [9.17, 15) is 0 Å². The normalized spacial score (nSPS) is 28.2. The van der Waals surface area contributed by atoms with E-state index >= 15 is 0 Å². The first kappa shape index (κ1) is 11.9. The monoisotopic (exact) mass is 226 g/mol. The van der Waals surface area contributed by atoms with Crippen LogP contribution in [0.3, 0.4) is 0 Å². The van der Waals surface area contributed by atoms with Crippen molar-refractivity contribution < 1.29 is 9.47 Å². The van der Waals surface area contributed by atoms with Gasteiger partial charge in [-0.25, -0.2) is 0 Å². The van der Waals surface area contributed by atoms with Gasteiger partial charge in [0.05, 0.1) is 12.1 Å². The number of hydrogen-bond acceptors (Lipinski definition) is 4. The van der Waals surface area contributed by atoms with E-state index in [1.165, 1.54) is 12.8 Å². The number of nitrogens with zero attached hydrogens (tertiary/aromatic N) is 2. The van der Waals surface area contributed by atoms with Gasteiger partial charge in [-0.2, -0.15) is 5.10 Å². The fourth-order valence-corrected chi connectivity index (χ4v) is 2.19. The van der Waals surface area contributed by atoms with Gasteiger partial charge >= 0.3 is 0 Å². The molecule has 0 spiro atoms. The molecule has 4 nitrogen and oxygen atoms in total. The second-order valence-corrected chi connectivity index (χ2v) is 4.79. The van der Waals surface area contributed by atoms with Crippen LogP contribution in [0, 0.1) is 0 Å². The molecule has 1 unspecified atom stereocenters. The minimum absolute atomic E-state index is 0.0171. The molecule has 0 bridgehead atoms. The van der Waals surface area contributed by atoms with Gasteiger partial charge in [-0.15, -0.1) is 0 Å². The molecule has 4 heteroatoms. The van der Waals surface area contributed by atoms with Crippen LogP contribution < -0.4 is 0 Å². The summed E-state index contributed by atoms with van der Waals surface area (Å²) in [7, 11) is 1.99. The van der Waals surface area contributed by atoms with Gasteiger partial charge in [-0.3, -0.25) is 5.01 Å². The van der Waals surface area contributed by atoms with Gasteiger partial charge in [-0.1, -0.05) is 0 Å². The van der Waals surface area contributed by atoms with Gasteiger partial charge in [0.15, 0.2) is 6.29 Å². The summed E-state index contributed by atoms with van der Waals surface area (Å²) in [4.78, 5) is 0. The first-order valence-corrected chi connectivity index (χ1v) is 6.23. The van der Waals surface area contributed by atoms with E-state index < -0.39 is 0 Å². The molecular weight excluding hydrogens is 204 g/mol. The summed E-state index contributed by atoms with van der Waals surface area (Å²) in [6.07, 6.45) is 7.55. The average molecular weight is 226 g/mol. The molecule has 2 rings (SSSR count). The second kappa shape index (κ2) is 5.15. The molecule has 1 heterocycles. The Kier molecular flexibility index (Phi) is 3.82. The van der Waals surface area contributed by atoms with Crippen molar-refractivity contribution >= 4 is 6.21 Å². The molecule has 0 amide bonds. The zero-order valence-corrected chi connectivity index (χ0v) is 10.3. The zero-order chi connectivity index (χ0) is 11.4. The molecule has 92 valence electrons. The predicted molar refractivity (Wildman–Crippen MR) is 63.4 cm³/mol. The first-order valence-electron chi connectivity index (χ1n) is 6.23. The summed E-state index contributed by atoms with van der Waals surface area (Å²) < 4.78 is 11.7. The Labute approximate surface area is 97.6 Å². The maximum absolute atomic E-state index is 6.07. The maximum atomic E-state index is 6.07. The average Bonchev–Trinajstić information content (AvgIpc) is 2.99. The molecule has 0 N–H and O–H groups in total. The quantitative estimate of drug-likeness (QED) is 0.531. The summed E-state index contributed by atoms with van der Waals surface area (Å²) in [6.45, 7) is 3.65. The summed E-state index contributed by atoms with van der Waals surface area (Å²) in [5.41, 5.74) is 0.0171. The summed E-state index contributed by atoms with van der Waals surface area (Å²) in [5, 5.41) is 6.18. The van der Waals surface area contributed by atoms with E-state index in [2.05, 4.69) is 5.10 Å². The molecule has 1 saturated carbocycles. The Balaban J connectivity index is 1.78. The van der Waals surface area contributed by atoms with Crippen LogP contribution in [-0.2, 0) is 9.47 Å². The fourth-order valence-electron chi connectivity index (χ4n) is 2.19. The smallest absolute Gasteiger partial charge is 0.158 e. The molecule has 1 saturated heterocycles. The van der Waals surface area contributed by atoms with E-state index in [0.717, 1.165) is 32.4 Å². The van der Waals surface area contributed by atoms with Crippen LogP contribution in [-0.4, -0.2) is 43.3 Å². The molecule has 1 aliphatic carbocycles. The van der Waals surface area contributed by atoms with Crippen LogP contribution >= 0.6 is 0 Å². The predicted octanol–water partition coefficient (Wildman–Crippen LogP) is 2.00. The summed E-state index contributed by atoms with van der Waals surface area (Å²) in [5.74, 6) is 0. The highest BCUT2D eigenvalue weighted by molar-refractivity contribution is 5.52. The van der Waals surface area contributed by atoms with Crippen molar-refractivity contribution in [3.05, 3.63) is 0 Å². The molecule has 2 fully saturated rings. The molecule has 1 atom stereocenters. The summed E-state index contributed by atoms with van der Waals surface area (Å²) in [6, 6.07) is 0. The third-order valence-corrected chi connectivity index (χ3v) is 3.16. The van der Waals surface area contributed by atoms with Crippen LogP contribution in [0.5, 0.6) is 0 Å². The van der Waals surface area contributed by atoms with Crippen molar-refractivity contribution in [1.82, 2.24) is 5.01 Å². The highest BCUT2D eigenvalue weighted by atomic mass is 16.7. The third-order valence-electron chi connectivity index (χ3n) is 3.16. The number of ether oxygens (including phenoxy) is 2. The van der Waals surface area contributed by atoms with Gasteiger partial charge < -0.3 is 9.47 Å². The van der Waals surface area contributed by atoms with Crippen LogP contribution in [0.1, 0.15) is 39.0 Å². The standard InChI is InChI=1S/C12H22N2O2/c1-3-13-14(2)10-12(7-8-12)16-11-6-4-5-9-15-11/h3,11H,4-10H2,1-2H3/b13-3-. The van der Waals surface area contributed by atoms with E-state index in [4.69, 9.17) is 9.47 Å². The van der Waals surface area contributed by atoms with Gasteiger partial charge in [0.2, 0.25) is 0 Å². The van der Waals surface area contributed by atoms with Gasteiger partial charge in [0.25, 0.3) is 0 Å². The van der Waals surface area contributed by atoms with Crippen LogP contribution in [0.4, 0.5) is 0 Å². The lowest BCUT2D eigenvalue weighted by atomic mass is 10.2. The highest BCUT2D eigenvalue weighted by Crippen LogP contribution is 2.42. The lowest BCUT2D eigenvalue weighted by molar-refractivity contribution is -0.199. The number of hydrazone groups is 1. The Morgan fingerprint density at radius 3 is 2.88 bits per heavy atom. The van der Waals surface area contributed by atoms with Gasteiger partial charge in [0, 0.05) is 19.9 Å². The van der Waals surface area contributed by atoms with Gasteiger partial charge in [-0.05, 0) is 39.0 Å². The van der Waals surface area contributed by atoms with E-state index in [1.807, 2.05) is 25.2 Å². The number of likely N-dealkylation sites (N-methyl/N-ethyl adjacent to an activating group) is 1. The van der Waals surface area contributed by atoms with E-state index in [1.54, 1.807) is 0 Å². The molecule has 0 radical (unpaired) electrons. The molecule has 2 aliphatic rings. The Hall–Kier alpha value is -0.610. The van der Waals surface area contributed by atoms with Gasteiger partial charge in [0.1, 0.15) is 0 Å². The molecule has 0 aromatic rings. The lowest BCUT2D eigenvalue weighted by Gasteiger charge is -2.29. The Bertz CT molecular complexity index is 245. The number of hydrogen-bond donors (Lipinski definition) is 0. The van der Waals surface area contributed by atoms with E-state index in [-0.39, 0.29) is 11.9 Å². The lowest BCUT2D eigenvalue weighted by Crippen LogP contribution is -2.35. The maximum Gasteiger partial charge on any atom is 0.158 e. The van der Waals surface area contributed by atoms with Crippen LogP contribution in [0.2, 0.25) is 0 Å². The van der Waals surface area contributed by atoms with Crippen molar-refractivity contribution in [2.75, 3.05) is 20.2 Å². The molecule has 1 aliphatic heterocycles. The molecule has 0 aromatic heterocycles. The highest BCUT2D eigenvalue weighted by Gasteiger charge is 2.47. The van der Waals surface area contributed by atoms with Crippen molar-refractivity contribution in [1.29, 1.82) is 0 Å². The van der Waals surface area contributed by atoms with Crippen molar-refractivity contribution in [2.24, 2.45) is 5.10 Å². The molecule has 0 aromatic carbocycles. The zero-order valence-electron chi connectivity index (χ0n) is 10.3. The van der Waals surface area contributed by atoms with Crippen molar-refractivity contribution in [2.45, 2.75) is 50.9 Å². The fraction of sp³-hybridized carbons (Fsp3) is 0.917. The minimum Gasteiger partial charge on any atom is -0.353 e. The number of rotatable bonds is 5. The first-order chi connectivity index (χ1) is 7.74. The van der Waals surface area contributed by atoms with Crippen molar-refractivity contribution in [3.63, 3.8) is 0 Å². The van der Waals surface area contributed by atoms with Crippen molar-refractivity contribution in [3.8, 4) is 0 Å². The molecule has 16 heavy (non-hydrogen) atoms. The SMILES string of the molecule is C/C=N\N(C)CC1(OC2CCCCO2)CC1. The summed E-state index contributed by atoms with van der Waals surface area (Å²) >= 11 is 0. The molecular formula is C12H22N2O2.